The minimum Gasteiger partial charge on any atom is -0.490 e. The lowest BCUT2D eigenvalue weighted by Crippen LogP contribution is -2.08. The molecule has 1 N–H and O–H groups in total. The van der Waals surface area contributed by atoms with E-state index in [9.17, 15) is 13.6 Å². The zero-order valence-electron chi connectivity index (χ0n) is 10.3. The number of carboxylic acids is 1. The van der Waals surface area contributed by atoms with Gasteiger partial charge < -0.3 is 14.6 Å². The third-order valence-corrected chi connectivity index (χ3v) is 2.05. The molecule has 0 spiro atoms. The van der Waals surface area contributed by atoms with Crippen molar-refractivity contribution in [2.75, 3.05) is 13.2 Å². The molecule has 0 aromatic heterocycles. The molecule has 0 atom stereocenters. The van der Waals surface area contributed by atoms with Crippen LogP contribution >= 0.6 is 0 Å². The molecule has 104 valence electrons. The van der Waals surface area contributed by atoms with Gasteiger partial charge in [0.1, 0.15) is 6.61 Å². The van der Waals surface area contributed by atoms with Gasteiger partial charge in [-0.2, -0.15) is 0 Å². The van der Waals surface area contributed by atoms with Gasteiger partial charge in [0.25, 0.3) is 6.43 Å². The number of carbonyl (C=O) groups is 1. The summed E-state index contributed by atoms with van der Waals surface area (Å²) in [5, 5.41) is 8.52. The smallest absolute Gasteiger partial charge is 0.328 e. The molecule has 1 aromatic carbocycles. The fourth-order valence-corrected chi connectivity index (χ4v) is 1.34. The van der Waals surface area contributed by atoms with Gasteiger partial charge in [0, 0.05) is 6.08 Å². The number of hydrogen-bond donors (Lipinski definition) is 1. The number of halogens is 2. The highest BCUT2D eigenvalue weighted by Gasteiger charge is 2.09. The maximum Gasteiger partial charge on any atom is 0.328 e. The monoisotopic (exact) mass is 272 g/mol. The molecule has 0 bridgehead atoms. The van der Waals surface area contributed by atoms with E-state index in [1.54, 1.807) is 13.0 Å². The van der Waals surface area contributed by atoms with Gasteiger partial charge in [0.05, 0.1) is 6.61 Å². The van der Waals surface area contributed by atoms with Crippen molar-refractivity contribution in [1.29, 1.82) is 0 Å². The van der Waals surface area contributed by atoms with Crippen LogP contribution in [0.4, 0.5) is 8.78 Å². The molecule has 0 unspecified atom stereocenters. The first-order chi connectivity index (χ1) is 9.02. The molecule has 0 saturated carbocycles. The largest absolute Gasteiger partial charge is 0.490 e. The number of ether oxygens (including phenoxy) is 2. The molecule has 0 aliphatic carbocycles. The fourth-order valence-electron chi connectivity index (χ4n) is 1.34. The van der Waals surface area contributed by atoms with Gasteiger partial charge in [-0.3, -0.25) is 0 Å². The van der Waals surface area contributed by atoms with Gasteiger partial charge in [0.15, 0.2) is 11.5 Å². The maximum absolute atomic E-state index is 12.1. The summed E-state index contributed by atoms with van der Waals surface area (Å²) in [5.74, 6) is -0.568. The Hall–Kier alpha value is -2.11. The van der Waals surface area contributed by atoms with Crippen LogP contribution in [-0.2, 0) is 4.79 Å². The van der Waals surface area contributed by atoms with Crippen molar-refractivity contribution in [2.45, 2.75) is 13.3 Å². The van der Waals surface area contributed by atoms with Crippen molar-refractivity contribution < 1.29 is 28.2 Å². The molecule has 4 nitrogen and oxygen atoms in total. The van der Waals surface area contributed by atoms with Crippen molar-refractivity contribution in [1.82, 2.24) is 0 Å². The molecule has 0 fully saturated rings. The molecular formula is C13H14F2O4. The predicted molar refractivity (Wildman–Crippen MR) is 65.8 cm³/mol. The van der Waals surface area contributed by atoms with E-state index < -0.39 is 19.0 Å². The number of hydrogen-bond acceptors (Lipinski definition) is 3. The van der Waals surface area contributed by atoms with Gasteiger partial charge in [-0.05, 0) is 30.7 Å². The summed E-state index contributed by atoms with van der Waals surface area (Å²) in [6.07, 6.45) is -0.215. The van der Waals surface area contributed by atoms with E-state index >= 15 is 0 Å². The van der Waals surface area contributed by atoms with E-state index in [0.717, 1.165) is 6.08 Å². The molecule has 1 rings (SSSR count). The second-order valence-corrected chi connectivity index (χ2v) is 3.51. The molecule has 19 heavy (non-hydrogen) atoms. The summed E-state index contributed by atoms with van der Waals surface area (Å²) >= 11 is 0. The summed E-state index contributed by atoms with van der Waals surface area (Å²) in [4.78, 5) is 10.4. The Bertz CT molecular complexity index is 458. The standard InChI is InChI=1S/C13H14F2O4/c1-2-18-11-7-9(4-6-13(16)17)3-5-10(11)19-8-12(14)15/h3-7,12H,2,8H2,1H3,(H,16,17)/b6-4+. The van der Waals surface area contributed by atoms with Crippen LogP contribution in [0.25, 0.3) is 6.08 Å². The molecule has 0 amide bonds. The number of alkyl halides is 2. The predicted octanol–water partition coefficient (Wildman–Crippen LogP) is 2.83. The van der Waals surface area contributed by atoms with Crippen LogP contribution < -0.4 is 9.47 Å². The van der Waals surface area contributed by atoms with E-state index in [2.05, 4.69) is 0 Å². The Labute approximate surface area is 109 Å². The van der Waals surface area contributed by atoms with Crippen molar-refractivity contribution >= 4 is 12.0 Å². The second kappa shape index (κ2) is 7.35. The van der Waals surface area contributed by atoms with E-state index in [-0.39, 0.29) is 5.75 Å². The molecule has 0 aliphatic heterocycles. The highest BCUT2D eigenvalue weighted by atomic mass is 19.3. The Morgan fingerprint density at radius 1 is 1.37 bits per heavy atom. The minimum absolute atomic E-state index is 0.203. The lowest BCUT2D eigenvalue weighted by atomic mass is 10.2. The Morgan fingerprint density at radius 2 is 2.11 bits per heavy atom. The molecule has 1 aromatic rings. The van der Waals surface area contributed by atoms with Crippen LogP contribution in [0.2, 0.25) is 0 Å². The average molecular weight is 272 g/mol. The zero-order valence-corrected chi connectivity index (χ0v) is 10.3. The maximum atomic E-state index is 12.1. The Balaban J connectivity index is 2.90. The molecule has 6 heteroatoms. The summed E-state index contributed by atoms with van der Waals surface area (Å²) in [7, 11) is 0. The van der Waals surface area contributed by atoms with Crippen molar-refractivity contribution in [3.05, 3.63) is 29.8 Å². The zero-order chi connectivity index (χ0) is 14.3. The lowest BCUT2D eigenvalue weighted by Gasteiger charge is -2.12. The topological polar surface area (TPSA) is 55.8 Å². The third kappa shape index (κ3) is 5.37. The summed E-state index contributed by atoms with van der Waals surface area (Å²) in [6, 6.07) is 4.56. The summed E-state index contributed by atoms with van der Waals surface area (Å²) in [6.45, 7) is 1.37. The summed E-state index contributed by atoms with van der Waals surface area (Å²) < 4.78 is 34.4. The number of aliphatic carboxylic acids is 1. The summed E-state index contributed by atoms with van der Waals surface area (Å²) in [5.41, 5.74) is 0.579. The minimum atomic E-state index is -2.57. The van der Waals surface area contributed by atoms with Crippen LogP contribution in [0, 0.1) is 0 Å². The van der Waals surface area contributed by atoms with Gasteiger partial charge in [-0.1, -0.05) is 6.07 Å². The molecule has 0 heterocycles. The van der Waals surface area contributed by atoms with Gasteiger partial charge >= 0.3 is 5.97 Å². The number of carboxylic acid groups (broad SMARTS) is 1. The first kappa shape index (κ1) is 14.9. The van der Waals surface area contributed by atoms with E-state index in [0.29, 0.717) is 17.9 Å². The number of benzene rings is 1. The van der Waals surface area contributed by atoms with E-state index in [1.165, 1.54) is 18.2 Å². The normalized spacial score (nSPS) is 10.9. The van der Waals surface area contributed by atoms with Crippen LogP contribution in [0.15, 0.2) is 24.3 Å². The SMILES string of the molecule is CCOc1cc(/C=C/C(=O)O)ccc1OCC(F)F. The molecule has 0 saturated heterocycles. The highest BCUT2D eigenvalue weighted by Crippen LogP contribution is 2.29. The average Bonchev–Trinajstić information content (AvgIpc) is 2.35. The van der Waals surface area contributed by atoms with Crippen molar-refractivity contribution in [3.63, 3.8) is 0 Å². The molecular weight excluding hydrogens is 258 g/mol. The van der Waals surface area contributed by atoms with Crippen LogP contribution in [0.3, 0.4) is 0 Å². The quantitative estimate of drug-likeness (QED) is 0.775. The first-order valence-electron chi connectivity index (χ1n) is 5.61. The lowest BCUT2D eigenvalue weighted by molar-refractivity contribution is -0.131. The molecule has 0 radical (unpaired) electrons. The Kier molecular flexibility index (Phi) is 5.78. The van der Waals surface area contributed by atoms with Crippen LogP contribution in [0.5, 0.6) is 11.5 Å². The first-order valence-corrected chi connectivity index (χ1v) is 5.61. The van der Waals surface area contributed by atoms with Crippen LogP contribution in [-0.4, -0.2) is 30.7 Å². The highest BCUT2D eigenvalue weighted by molar-refractivity contribution is 5.85. The number of rotatable bonds is 7. The second-order valence-electron chi connectivity index (χ2n) is 3.51. The van der Waals surface area contributed by atoms with Gasteiger partial charge in [-0.15, -0.1) is 0 Å². The fraction of sp³-hybridized carbons (Fsp3) is 0.308. The Morgan fingerprint density at radius 3 is 2.68 bits per heavy atom. The van der Waals surface area contributed by atoms with Crippen molar-refractivity contribution in [3.8, 4) is 11.5 Å². The van der Waals surface area contributed by atoms with Crippen molar-refractivity contribution in [2.24, 2.45) is 0 Å². The third-order valence-electron chi connectivity index (χ3n) is 2.05. The van der Waals surface area contributed by atoms with Gasteiger partial charge in [-0.25, -0.2) is 13.6 Å². The molecule has 0 aliphatic rings. The van der Waals surface area contributed by atoms with E-state index in [4.69, 9.17) is 14.6 Å². The van der Waals surface area contributed by atoms with Gasteiger partial charge in [0.2, 0.25) is 0 Å². The van der Waals surface area contributed by atoms with E-state index in [1.807, 2.05) is 0 Å². The van der Waals surface area contributed by atoms with Crippen LogP contribution in [0.1, 0.15) is 12.5 Å².